The summed E-state index contributed by atoms with van der Waals surface area (Å²) in [5.41, 5.74) is 3.05. The van der Waals surface area contributed by atoms with Crippen LogP contribution >= 0.6 is 11.8 Å². The minimum Gasteiger partial charge on any atom is -0.492 e. The number of carbonyl (C=O) groups excluding carboxylic acids is 2. The first kappa shape index (κ1) is 18.3. The molecule has 0 atom stereocenters. The Kier molecular flexibility index (Phi) is 5.18. The topological polar surface area (TPSA) is 51.5 Å². The van der Waals surface area contributed by atoms with Gasteiger partial charge >= 0.3 is 0 Å². The first-order chi connectivity index (χ1) is 12.4. The SMILES string of the molecule is Cc1cc(/C=C2\SC(=O)N(CCOc3ccc(F)cc3)C2=O)c(C)n1C. The van der Waals surface area contributed by atoms with E-state index in [-0.39, 0.29) is 30.1 Å². The number of benzene rings is 1. The first-order valence-corrected chi connectivity index (χ1v) is 8.95. The van der Waals surface area contributed by atoms with Crippen molar-refractivity contribution in [2.24, 2.45) is 7.05 Å². The highest BCUT2D eigenvalue weighted by atomic mass is 32.2. The summed E-state index contributed by atoms with van der Waals surface area (Å²) in [4.78, 5) is 26.2. The van der Waals surface area contributed by atoms with E-state index in [1.54, 1.807) is 6.08 Å². The van der Waals surface area contributed by atoms with Crippen LogP contribution in [0.25, 0.3) is 6.08 Å². The predicted octanol–water partition coefficient (Wildman–Crippen LogP) is 3.90. The second-order valence-electron chi connectivity index (χ2n) is 6.02. The third-order valence-corrected chi connectivity index (χ3v) is 5.28. The molecule has 2 aromatic rings. The molecule has 1 aliphatic heterocycles. The maximum absolute atomic E-state index is 12.9. The smallest absolute Gasteiger partial charge is 0.293 e. The van der Waals surface area contributed by atoms with E-state index >= 15 is 0 Å². The zero-order chi connectivity index (χ0) is 18.8. The third-order valence-electron chi connectivity index (χ3n) is 4.37. The Labute approximate surface area is 155 Å². The average Bonchev–Trinajstić information content (AvgIpc) is 3.01. The van der Waals surface area contributed by atoms with Crippen molar-refractivity contribution < 1.29 is 18.7 Å². The van der Waals surface area contributed by atoms with Crippen molar-refractivity contribution in [1.82, 2.24) is 9.47 Å². The van der Waals surface area contributed by atoms with Gasteiger partial charge in [-0.15, -0.1) is 0 Å². The summed E-state index contributed by atoms with van der Waals surface area (Å²) in [6.07, 6.45) is 1.76. The quantitative estimate of drug-likeness (QED) is 0.745. The number of carbonyl (C=O) groups is 2. The van der Waals surface area contributed by atoms with Gasteiger partial charge in [-0.3, -0.25) is 14.5 Å². The average molecular weight is 374 g/mol. The van der Waals surface area contributed by atoms with E-state index in [1.165, 1.54) is 29.2 Å². The first-order valence-electron chi connectivity index (χ1n) is 8.13. The van der Waals surface area contributed by atoms with Crippen molar-refractivity contribution in [3.63, 3.8) is 0 Å². The molecule has 0 saturated carbocycles. The second-order valence-corrected chi connectivity index (χ2v) is 7.01. The number of amides is 2. The number of hydrogen-bond acceptors (Lipinski definition) is 4. The number of ether oxygens (including phenoxy) is 1. The van der Waals surface area contributed by atoms with Crippen LogP contribution in [0.2, 0.25) is 0 Å². The molecule has 0 spiro atoms. The number of thioether (sulfide) groups is 1. The minimum atomic E-state index is -0.347. The Bertz CT molecular complexity index is 887. The van der Waals surface area contributed by atoms with Gasteiger partial charge in [0.25, 0.3) is 11.1 Å². The van der Waals surface area contributed by atoms with Crippen LogP contribution in [-0.2, 0) is 11.8 Å². The lowest BCUT2D eigenvalue weighted by Crippen LogP contribution is -2.32. The van der Waals surface area contributed by atoms with Crippen LogP contribution < -0.4 is 4.74 Å². The van der Waals surface area contributed by atoms with Crippen molar-refractivity contribution >= 4 is 29.0 Å². The molecule has 3 rings (SSSR count). The minimum absolute atomic E-state index is 0.145. The predicted molar refractivity (Wildman–Crippen MR) is 99.5 cm³/mol. The second kappa shape index (κ2) is 7.37. The molecular formula is C19H19FN2O3S. The molecule has 0 bridgehead atoms. The molecule has 0 radical (unpaired) electrons. The van der Waals surface area contributed by atoms with Crippen LogP contribution in [0.5, 0.6) is 5.75 Å². The molecule has 0 unspecified atom stereocenters. The van der Waals surface area contributed by atoms with Gasteiger partial charge in [0, 0.05) is 18.4 Å². The van der Waals surface area contributed by atoms with Crippen molar-refractivity contribution in [3.05, 3.63) is 58.0 Å². The molecule has 7 heteroatoms. The molecule has 1 aliphatic rings. The van der Waals surface area contributed by atoms with Crippen LogP contribution in [0.4, 0.5) is 9.18 Å². The lowest BCUT2D eigenvalue weighted by atomic mass is 10.2. The lowest BCUT2D eigenvalue weighted by Gasteiger charge is -2.13. The van der Waals surface area contributed by atoms with E-state index in [0.717, 1.165) is 28.7 Å². The van der Waals surface area contributed by atoms with E-state index in [0.29, 0.717) is 10.7 Å². The van der Waals surface area contributed by atoms with Crippen molar-refractivity contribution in [1.29, 1.82) is 0 Å². The summed E-state index contributed by atoms with van der Waals surface area (Å²) in [5, 5.41) is -0.311. The van der Waals surface area contributed by atoms with Gasteiger partial charge in [0.15, 0.2) is 0 Å². The monoisotopic (exact) mass is 374 g/mol. The Balaban J connectivity index is 1.65. The number of hydrogen-bond donors (Lipinski definition) is 0. The number of aromatic nitrogens is 1. The number of rotatable bonds is 5. The summed E-state index contributed by atoms with van der Waals surface area (Å²) in [7, 11) is 1.96. The summed E-state index contributed by atoms with van der Waals surface area (Å²) in [6.45, 7) is 4.26. The van der Waals surface area contributed by atoms with E-state index in [9.17, 15) is 14.0 Å². The van der Waals surface area contributed by atoms with Crippen molar-refractivity contribution in [2.45, 2.75) is 13.8 Å². The molecule has 5 nitrogen and oxygen atoms in total. The fourth-order valence-electron chi connectivity index (χ4n) is 2.65. The maximum Gasteiger partial charge on any atom is 0.293 e. The summed E-state index contributed by atoms with van der Waals surface area (Å²) >= 11 is 0.933. The maximum atomic E-state index is 12.9. The highest BCUT2D eigenvalue weighted by Gasteiger charge is 2.35. The highest BCUT2D eigenvalue weighted by Crippen LogP contribution is 2.33. The van der Waals surface area contributed by atoms with Gasteiger partial charge in [-0.25, -0.2) is 4.39 Å². The van der Waals surface area contributed by atoms with Crippen LogP contribution in [-0.4, -0.2) is 33.8 Å². The summed E-state index contributed by atoms with van der Waals surface area (Å²) in [6, 6.07) is 7.58. The van der Waals surface area contributed by atoms with Crippen LogP contribution in [0.15, 0.2) is 35.2 Å². The van der Waals surface area contributed by atoms with Gasteiger partial charge in [0.1, 0.15) is 18.2 Å². The Morgan fingerprint density at radius 3 is 2.50 bits per heavy atom. The molecule has 136 valence electrons. The molecule has 0 N–H and O–H groups in total. The molecule has 1 aromatic carbocycles. The van der Waals surface area contributed by atoms with E-state index < -0.39 is 0 Å². The Hall–Kier alpha value is -2.54. The standard InChI is InChI=1S/C19H19FN2O3S/c1-12-10-14(13(2)21(12)3)11-17-18(23)22(19(24)26-17)8-9-25-16-6-4-15(20)5-7-16/h4-7,10-11H,8-9H2,1-3H3/b17-11-. The molecule has 26 heavy (non-hydrogen) atoms. The summed E-state index contributed by atoms with van der Waals surface area (Å²) in [5.74, 6) is -0.173. The number of nitrogens with zero attached hydrogens (tertiary/aromatic N) is 2. The van der Waals surface area contributed by atoms with Gasteiger partial charge in [-0.2, -0.15) is 0 Å². The molecule has 1 aromatic heterocycles. The fourth-order valence-corrected chi connectivity index (χ4v) is 3.51. The van der Waals surface area contributed by atoms with Crippen molar-refractivity contribution in [2.75, 3.05) is 13.2 Å². The number of imide groups is 1. The Morgan fingerprint density at radius 2 is 1.88 bits per heavy atom. The lowest BCUT2D eigenvalue weighted by molar-refractivity contribution is -0.123. The van der Waals surface area contributed by atoms with Crippen LogP contribution in [0.1, 0.15) is 17.0 Å². The van der Waals surface area contributed by atoms with Gasteiger partial charge in [0.05, 0.1) is 11.4 Å². The molecule has 1 saturated heterocycles. The number of halogens is 1. The van der Waals surface area contributed by atoms with Crippen molar-refractivity contribution in [3.8, 4) is 5.75 Å². The van der Waals surface area contributed by atoms with Gasteiger partial charge in [-0.05, 0) is 67.6 Å². The zero-order valence-electron chi connectivity index (χ0n) is 14.8. The zero-order valence-corrected chi connectivity index (χ0v) is 15.6. The van der Waals surface area contributed by atoms with Gasteiger partial charge < -0.3 is 9.30 Å². The number of aryl methyl sites for hydroxylation is 1. The van der Waals surface area contributed by atoms with E-state index in [1.807, 2.05) is 31.5 Å². The normalized spacial score (nSPS) is 16.0. The third kappa shape index (κ3) is 3.67. The largest absolute Gasteiger partial charge is 0.492 e. The molecular weight excluding hydrogens is 355 g/mol. The molecule has 2 heterocycles. The van der Waals surface area contributed by atoms with Crippen LogP contribution in [0, 0.1) is 19.7 Å². The molecule has 1 fully saturated rings. The highest BCUT2D eigenvalue weighted by molar-refractivity contribution is 8.18. The van der Waals surface area contributed by atoms with E-state index in [4.69, 9.17) is 4.74 Å². The van der Waals surface area contributed by atoms with Crippen LogP contribution in [0.3, 0.4) is 0 Å². The fraction of sp³-hybridized carbons (Fsp3) is 0.263. The van der Waals surface area contributed by atoms with Gasteiger partial charge in [0.2, 0.25) is 0 Å². The molecule has 2 amide bonds. The molecule has 0 aliphatic carbocycles. The summed E-state index contributed by atoms with van der Waals surface area (Å²) < 4.78 is 20.4. The van der Waals surface area contributed by atoms with E-state index in [2.05, 4.69) is 0 Å². The van der Waals surface area contributed by atoms with Gasteiger partial charge in [-0.1, -0.05) is 0 Å². The Morgan fingerprint density at radius 1 is 1.19 bits per heavy atom.